The molecule has 3 aromatic heterocycles. The van der Waals surface area contributed by atoms with Crippen LogP contribution >= 0.6 is 11.3 Å². The molecule has 1 atom stereocenters. The van der Waals surface area contributed by atoms with Gasteiger partial charge in [0.15, 0.2) is 5.65 Å². The Bertz CT molecular complexity index is 875. The zero-order valence-corrected chi connectivity index (χ0v) is 14.2. The molecule has 0 spiro atoms. The molecule has 1 amide bonds. The molecule has 24 heavy (non-hydrogen) atoms. The Kier molecular flexibility index (Phi) is 3.64. The van der Waals surface area contributed by atoms with Crippen molar-refractivity contribution in [2.24, 2.45) is 0 Å². The first-order chi connectivity index (χ1) is 11.6. The molecular weight excluding hydrogens is 326 g/mol. The minimum absolute atomic E-state index is 0.00396. The number of carbonyl (C=O) groups is 1. The third-order valence-corrected chi connectivity index (χ3v) is 4.83. The molecule has 1 fully saturated rings. The lowest BCUT2D eigenvalue weighted by Gasteiger charge is -2.40. The molecule has 1 aliphatic rings. The van der Waals surface area contributed by atoms with E-state index in [1.54, 1.807) is 17.1 Å². The summed E-state index contributed by atoms with van der Waals surface area (Å²) in [6, 6.07) is 0.0742. The van der Waals surface area contributed by atoms with Crippen LogP contribution in [0.1, 0.15) is 23.2 Å². The Labute approximate surface area is 142 Å². The highest BCUT2D eigenvalue weighted by Crippen LogP contribution is 2.25. The predicted molar refractivity (Wildman–Crippen MR) is 91.2 cm³/mol. The molecule has 0 saturated carbocycles. The molecule has 9 heteroatoms. The summed E-state index contributed by atoms with van der Waals surface area (Å²) in [4.78, 5) is 29.7. The van der Waals surface area contributed by atoms with Crippen molar-refractivity contribution in [3.8, 4) is 0 Å². The summed E-state index contributed by atoms with van der Waals surface area (Å²) in [5.41, 5.74) is 2.95. The van der Waals surface area contributed by atoms with Crippen LogP contribution in [-0.2, 0) is 0 Å². The van der Waals surface area contributed by atoms with Crippen molar-refractivity contribution in [3.05, 3.63) is 28.6 Å². The molecule has 0 unspecified atom stereocenters. The molecule has 124 valence electrons. The minimum atomic E-state index is -0.00396. The van der Waals surface area contributed by atoms with Crippen LogP contribution in [0, 0.1) is 6.92 Å². The normalized spacial score (nSPS) is 18.3. The Morgan fingerprint density at radius 3 is 3.00 bits per heavy atom. The Morgan fingerprint density at radius 2 is 2.25 bits per heavy atom. The van der Waals surface area contributed by atoms with Gasteiger partial charge in [0.25, 0.3) is 5.91 Å². The number of amides is 1. The number of hydrogen-bond acceptors (Lipinski definition) is 7. The molecular formula is C15H17N7OS. The number of aromatic nitrogens is 5. The minimum Gasteiger partial charge on any atom is -0.352 e. The fourth-order valence-electron chi connectivity index (χ4n) is 3.09. The van der Waals surface area contributed by atoms with Gasteiger partial charge in [0.05, 0.1) is 17.1 Å². The van der Waals surface area contributed by atoms with Crippen LogP contribution < -0.4 is 4.90 Å². The molecule has 0 bridgehead atoms. The molecule has 4 heterocycles. The first-order valence-corrected chi connectivity index (χ1v) is 8.69. The van der Waals surface area contributed by atoms with Gasteiger partial charge in [-0.2, -0.15) is 5.10 Å². The largest absolute Gasteiger partial charge is 0.352 e. The number of aromatic amines is 1. The number of fused-ring (bicyclic) bond motifs is 1. The maximum Gasteiger partial charge on any atom is 0.273 e. The van der Waals surface area contributed by atoms with Crippen LogP contribution in [0.2, 0.25) is 0 Å². The molecule has 0 aliphatic carbocycles. The third kappa shape index (κ3) is 2.50. The monoisotopic (exact) mass is 343 g/mol. The second-order valence-corrected chi connectivity index (χ2v) is 6.61. The zero-order chi connectivity index (χ0) is 16.7. The Hall–Kier alpha value is -2.55. The maximum absolute atomic E-state index is 12.6. The van der Waals surface area contributed by atoms with Crippen molar-refractivity contribution < 1.29 is 4.79 Å². The van der Waals surface area contributed by atoms with Gasteiger partial charge in [-0.05, 0) is 13.8 Å². The maximum atomic E-state index is 12.6. The number of nitrogens with zero attached hydrogens (tertiary/aromatic N) is 6. The van der Waals surface area contributed by atoms with Gasteiger partial charge in [-0.25, -0.2) is 15.0 Å². The van der Waals surface area contributed by atoms with Crippen LogP contribution in [-0.4, -0.2) is 61.6 Å². The van der Waals surface area contributed by atoms with Gasteiger partial charge < -0.3 is 9.80 Å². The lowest BCUT2D eigenvalue weighted by Crippen LogP contribution is -2.54. The Morgan fingerprint density at radius 1 is 1.38 bits per heavy atom. The van der Waals surface area contributed by atoms with Gasteiger partial charge in [0, 0.05) is 31.1 Å². The van der Waals surface area contributed by atoms with E-state index in [2.05, 4.69) is 37.0 Å². The summed E-state index contributed by atoms with van der Waals surface area (Å²) < 4.78 is 0. The number of hydrogen-bond donors (Lipinski definition) is 1. The van der Waals surface area contributed by atoms with Crippen molar-refractivity contribution in [1.82, 2.24) is 30.0 Å². The van der Waals surface area contributed by atoms with Crippen LogP contribution in [0.3, 0.4) is 0 Å². The van der Waals surface area contributed by atoms with E-state index in [-0.39, 0.29) is 11.9 Å². The number of anilines is 1. The van der Waals surface area contributed by atoms with Gasteiger partial charge in [-0.1, -0.05) is 0 Å². The van der Waals surface area contributed by atoms with Gasteiger partial charge in [-0.15, -0.1) is 11.3 Å². The van der Waals surface area contributed by atoms with Gasteiger partial charge in [0.2, 0.25) is 0 Å². The number of aryl methyl sites for hydroxylation is 1. The lowest BCUT2D eigenvalue weighted by atomic mass is 10.1. The summed E-state index contributed by atoms with van der Waals surface area (Å²) in [6.07, 6.45) is 1.75. The first kappa shape index (κ1) is 15.0. The summed E-state index contributed by atoms with van der Waals surface area (Å²) in [5.74, 6) is 1.57. The van der Waals surface area contributed by atoms with Gasteiger partial charge in [0.1, 0.15) is 17.3 Å². The highest BCUT2D eigenvalue weighted by Gasteiger charge is 2.30. The van der Waals surface area contributed by atoms with E-state index in [0.717, 1.165) is 23.4 Å². The van der Waals surface area contributed by atoms with Crippen molar-refractivity contribution in [1.29, 1.82) is 0 Å². The summed E-state index contributed by atoms with van der Waals surface area (Å²) in [5, 5.41) is 9.67. The van der Waals surface area contributed by atoms with Crippen LogP contribution in [0.5, 0.6) is 0 Å². The predicted octanol–water partition coefficient (Wildman–Crippen LogP) is 1.47. The number of carbonyl (C=O) groups excluding carboxylic acids is 1. The summed E-state index contributed by atoms with van der Waals surface area (Å²) in [7, 11) is 0. The molecule has 0 radical (unpaired) electrons. The standard InChI is InChI=1S/C15H17N7OS/c1-9-6-21(3-4-22(9)15(23)12-7-24-8-16-12)14-11-5-17-20-13(11)18-10(2)19-14/h5,7-9H,3-4,6H2,1-2H3,(H,17,18,19,20)/t9-/m0/s1. The van der Waals surface area contributed by atoms with Crippen LogP contribution in [0.25, 0.3) is 11.0 Å². The molecule has 4 rings (SSSR count). The first-order valence-electron chi connectivity index (χ1n) is 7.75. The number of piperazine rings is 1. The van der Waals surface area contributed by atoms with Gasteiger partial charge in [-0.3, -0.25) is 9.89 Å². The topological polar surface area (TPSA) is 90.9 Å². The fourth-order valence-corrected chi connectivity index (χ4v) is 3.61. The molecule has 1 aliphatic heterocycles. The highest BCUT2D eigenvalue weighted by molar-refractivity contribution is 7.07. The van der Waals surface area contributed by atoms with Crippen molar-refractivity contribution in [2.75, 3.05) is 24.5 Å². The van der Waals surface area contributed by atoms with E-state index < -0.39 is 0 Å². The van der Waals surface area contributed by atoms with Crippen molar-refractivity contribution >= 4 is 34.1 Å². The SMILES string of the molecule is Cc1nc(N2CCN(C(=O)c3cscn3)[C@@H](C)C2)c2cn[nH]c2n1. The van der Waals surface area contributed by atoms with E-state index in [4.69, 9.17) is 0 Å². The average Bonchev–Trinajstić information content (AvgIpc) is 3.24. The lowest BCUT2D eigenvalue weighted by molar-refractivity contribution is 0.0668. The smallest absolute Gasteiger partial charge is 0.273 e. The summed E-state index contributed by atoms with van der Waals surface area (Å²) >= 11 is 1.44. The van der Waals surface area contributed by atoms with E-state index in [0.29, 0.717) is 24.6 Å². The second-order valence-electron chi connectivity index (χ2n) is 5.89. The number of nitrogens with one attached hydrogen (secondary N) is 1. The van der Waals surface area contributed by atoms with E-state index in [1.807, 2.05) is 11.8 Å². The van der Waals surface area contributed by atoms with Gasteiger partial charge >= 0.3 is 0 Å². The van der Waals surface area contributed by atoms with Crippen LogP contribution in [0.15, 0.2) is 17.1 Å². The second kappa shape index (κ2) is 5.82. The molecule has 1 saturated heterocycles. The molecule has 8 nitrogen and oxygen atoms in total. The van der Waals surface area contributed by atoms with E-state index in [9.17, 15) is 4.79 Å². The zero-order valence-electron chi connectivity index (χ0n) is 13.4. The Balaban J connectivity index is 1.58. The summed E-state index contributed by atoms with van der Waals surface area (Å²) in [6.45, 7) is 6.00. The quantitative estimate of drug-likeness (QED) is 0.758. The molecule has 1 N–H and O–H groups in total. The fraction of sp³-hybridized carbons (Fsp3) is 0.400. The molecule has 3 aromatic rings. The average molecular weight is 343 g/mol. The number of rotatable bonds is 2. The third-order valence-electron chi connectivity index (χ3n) is 4.24. The highest BCUT2D eigenvalue weighted by atomic mass is 32.1. The molecule has 0 aromatic carbocycles. The van der Waals surface area contributed by atoms with E-state index >= 15 is 0 Å². The van der Waals surface area contributed by atoms with Crippen molar-refractivity contribution in [3.63, 3.8) is 0 Å². The van der Waals surface area contributed by atoms with Crippen molar-refractivity contribution in [2.45, 2.75) is 19.9 Å². The number of thiazole rings is 1. The van der Waals surface area contributed by atoms with Crippen LogP contribution in [0.4, 0.5) is 5.82 Å². The number of H-pyrrole nitrogens is 1. The van der Waals surface area contributed by atoms with E-state index in [1.165, 1.54) is 11.3 Å².